The molecule has 0 aliphatic carbocycles. The van der Waals surface area contributed by atoms with Gasteiger partial charge in [-0.3, -0.25) is 0 Å². The first-order valence-corrected chi connectivity index (χ1v) is 11.1. The molecule has 0 saturated carbocycles. The second-order valence-corrected chi connectivity index (χ2v) is 7.76. The molecule has 2 aromatic carbocycles. The summed E-state index contributed by atoms with van der Waals surface area (Å²) in [5.41, 5.74) is 4.69. The standard InChI is InChI=1S/C25H37NO4/c1-2-3-25(22-6-4-20(5-7-22)21(12-16-27)13-17-28)23-8-10-24(11-9-23)26(14-18-29)15-19-30/h4-11,21,25,27-30H,2-3,12-19H2,1H3. The smallest absolute Gasteiger partial charge is 0.0606 e. The quantitative estimate of drug-likeness (QED) is 0.381. The Bertz CT molecular complexity index is 631. The van der Waals surface area contributed by atoms with Gasteiger partial charge in [-0.15, -0.1) is 0 Å². The molecule has 0 fully saturated rings. The molecule has 1 unspecified atom stereocenters. The molecule has 5 heteroatoms. The van der Waals surface area contributed by atoms with Gasteiger partial charge in [-0.1, -0.05) is 49.7 Å². The molecule has 0 heterocycles. The summed E-state index contributed by atoms with van der Waals surface area (Å²) in [5.74, 6) is 0.485. The zero-order chi connectivity index (χ0) is 21.8. The SMILES string of the molecule is CCCC(c1ccc(C(CCO)CCO)cc1)c1ccc(N(CCO)CCO)cc1. The van der Waals surface area contributed by atoms with Crippen molar-refractivity contribution in [2.45, 2.75) is 44.4 Å². The minimum Gasteiger partial charge on any atom is -0.396 e. The molecule has 2 rings (SSSR count). The van der Waals surface area contributed by atoms with E-state index in [1.54, 1.807) is 0 Å². The fraction of sp³-hybridized carbons (Fsp3) is 0.520. The van der Waals surface area contributed by atoms with Gasteiger partial charge in [0, 0.05) is 37.9 Å². The van der Waals surface area contributed by atoms with Crippen molar-refractivity contribution in [3.8, 4) is 0 Å². The van der Waals surface area contributed by atoms with Crippen LogP contribution in [0.25, 0.3) is 0 Å². The summed E-state index contributed by atoms with van der Waals surface area (Å²) < 4.78 is 0. The highest BCUT2D eigenvalue weighted by molar-refractivity contribution is 5.49. The summed E-state index contributed by atoms with van der Waals surface area (Å²) in [6, 6.07) is 17.0. The lowest BCUT2D eigenvalue weighted by atomic mass is 9.85. The zero-order valence-electron chi connectivity index (χ0n) is 18.1. The minimum atomic E-state index is 0.0557. The average Bonchev–Trinajstić information content (AvgIpc) is 2.78. The Hall–Kier alpha value is -1.92. The highest BCUT2D eigenvalue weighted by Crippen LogP contribution is 2.32. The molecular formula is C25H37NO4. The first kappa shape index (κ1) is 24.4. The van der Waals surface area contributed by atoms with Crippen molar-refractivity contribution in [3.63, 3.8) is 0 Å². The molecule has 30 heavy (non-hydrogen) atoms. The van der Waals surface area contributed by atoms with Crippen molar-refractivity contribution in [1.29, 1.82) is 0 Å². The van der Waals surface area contributed by atoms with E-state index in [4.69, 9.17) is 0 Å². The van der Waals surface area contributed by atoms with E-state index in [9.17, 15) is 20.4 Å². The second-order valence-electron chi connectivity index (χ2n) is 7.76. The van der Waals surface area contributed by atoms with Gasteiger partial charge in [-0.25, -0.2) is 0 Å². The van der Waals surface area contributed by atoms with Crippen LogP contribution in [0.5, 0.6) is 0 Å². The van der Waals surface area contributed by atoms with Crippen LogP contribution >= 0.6 is 0 Å². The van der Waals surface area contributed by atoms with E-state index in [1.807, 2.05) is 4.90 Å². The highest BCUT2D eigenvalue weighted by Gasteiger charge is 2.16. The van der Waals surface area contributed by atoms with Crippen LogP contribution in [0, 0.1) is 0 Å². The molecule has 0 spiro atoms. The van der Waals surface area contributed by atoms with Crippen LogP contribution in [0.3, 0.4) is 0 Å². The van der Waals surface area contributed by atoms with Gasteiger partial charge >= 0.3 is 0 Å². The normalized spacial score (nSPS) is 12.3. The Labute approximate surface area is 180 Å². The molecule has 0 amide bonds. The molecule has 2 aromatic rings. The van der Waals surface area contributed by atoms with Gasteiger partial charge in [-0.05, 0) is 54.0 Å². The summed E-state index contributed by atoms with van der Waals surface area (Å²) in [5, 5.41) is 37.1. The molecule has 0 aromatic heterocycles. The van der Waals surface area contributed by atoms with Crippen molar-refractivity contribution in [2.75, 3.05) is 44.4 Å². The number of hydrogen-bond donors (Lipinski definition) is 4. The predicted molar refractivity (Wildman–Crippen MR) is 122 cm³/mol. The van der Waals surface area contributed by atoms with E-state index in [0.29, 0.717) is 31.8 Å². The van der Waals surface area contributed by atoms with Crippen LogP contribution in [-0.2, 0) is 0 Å². The third-order valence-electron chi connectivity index (χ3n) is 5.74. The van der Waals surface area contributed by atoms with Crippen LogP contribution in [0.2, 0.25) is 0 Å². The molecule has 0 bridgehead atoms. The van der Waals surface area contributed by atoms with E-state index in [2.05, 4.69) is 55.5 Å². The summed E-state index contributed by atoms with van der Waals surface area (Å²) in [6.45, 7) is 3.56. The molecule has 1 atom stereocenters. The molecule has 0 radical (unpaired) electrons. The van der Waals surface area contributed by atoms with E-state index >= 15 is 0 Å². The van der Waals surface area contributed by atoms with Crippen molar-refractivity contribution in [1.82, 2.24) is 0 Å². The highest BCUT2D eigenvalue weighted by atomic mass is 16.3. The largest absolute Gasteiger partial charge is 0.396 e. The van der Waals surface area contributed by atoms with Crippen LogP contribution in [0.15, 0.2) is 48.5 Å². The maximum Gasteiger partial charge on any atom is 0.0606 e. The van der Waals surface area contributed by atoms with Gasteiger partial charge in [0.05, 0.1) is 13.2 Å². The van der Waals surface area contributed by atoms with Crippen LogP contribution in [0.4, 0.5) is 5.69 Å². The maximum atomic E-state index is 9.30. The Morgan fingerprint density at radius 3 is 1.53 bits per heavy atom. The number of hydrogen-bond acceptors (Lipinski definition) is 5. The number of benzene rings is 2. The van der Waals surface area contributed by atoms with Gasteiger partial charge in [-0.2, -0.15) is 0 Å². The first-order chi connectivity index (χ1) is 14.7. The van der Waals surface area contributed by atoms with E-state index in [0.717, 1.165) is 24.1 Å². The Morgan fingerprint density at radius 2 is 1.10 bits per heavy atom. The van der Waals surface area contributed by atoms with Gasteiger partial charge in [0.1, 0.15) is 0 Å². The van der Waals surface area contributed by atoms with Gasteiger partial charge < -0.3 is 25.3 Å². The van der Waals surface area contributed by atoms with Crippen molar-refractivity contribution < 1.29 is 20.4 Å². The molecular weight excluding hydrogens is 378 g/mol. The van der Waals surface area contributed by atoms with Gasteiger partial charge in [0.2, 0.25) is 0 Å². The topological polar surface area (TPSA) is 84.2 Å². The molecule has 166 valence electrons. The predicted octanol–water partition coefficient (Wildman–Crippen LogP) is 3.26. The second kappa shape index (κ2) is 13.4. The number of aliphatic hydroxyl groups is 4. The van der Waals surface area contributed by atoms with Crippen molar-refractivity contribution in [2.24, 2.45) is 0 Å². The van der Waals surface area contributed by atoms with Gasteiger partial charge in [0.15, 0.2) is 0 Å². The first-order valence-electron chi connectivity index (χ1n) is 11.1. The summed E-state index contributed by atoms with van der Waals surface area (Å²) >= 11 is 0. The molecule has 0 aliphatic heterocycles. The fourth-order valence-corrected chi connectivity index (χ4v) is 4.13. The Morgan fingerprint density at radius 1 is 0.633 bits per heavy atom. The zero-order valence-corrected chi connectivity index (χ0v) is 18.1. The lowest BCUT2D eigenvalue weighted by molar-refractivity contribution is 0.242. The summed E-state index contributed by atoms with van der Waals surface area (Å²) in [7, 11) is 0. The van der Waals surface area contributed by atoms with E-state index in [-0.39, 0.29) is 32.3 Å². The number of rotatable bonds is 14. The van der Waals surface area contributed by atoms with Gasteiger partial charge in [0.25, 0.3) is 0 Å². The molecule has 5 nitrogen and oxygen atoms in total. The summed E-state index contributed by atoms with van der Waals surface area (Å²) in [4.78, 5) is 1.98. The number of aliphatic hydroxyl groups excluding tert-OH is 4. The van der Waals surface area contributed by atoms with E-state index < -0.39 is 0 Å². The number of nitrogens with zero attached hydrogens (tertiary/aromatic N) is 1. The average molecular weight is 416 g/mol. The van der Waals surface area contributed by atoms with Crippen LogP contribution in [-0.4, -0.2) is 59.9 Å². The Balaban J connectivity index is 2.22. The monoisotopic (exact) mass is 415 g/mol. The lowest BCUT2D eigenvalue weighted by Gasteiger charge is -2.24. The van der Waals surface area contributed by atoms with Crippen molar-refractivity contribution >= 4 is 5.69 Å². The molecule has 0 saturated heterocycles. The summed E-state index contributed by atoms with van der Waals surface area (Å²) in [6.07, 6.45) is 3.45. The fourth-order valence-electron chi connectivity index (χ4n) is 4.13. The molecule has 4 N–H and O–H groups in total. The number of anilines is 1. The Kier molecular flexibility index (Phi) is 10.9. The minimum absolute atomic E-state index is 0.0557. The van der Waals surface area contributed by atoms with Crippen LogP contribution in [0.1, 0.15) is 61.1 Å². The third-order valence-corrected chi connectivity index (χ3v) is 5.74. The maximum absolute atomic E-state index is 9.30. The lowest BCUT2D eigenvalue weighted by Crippen LogP contribution is -2.29. The van der Waals surface area contributed by atoms with Crippen molar-refractivity contribution in [3.05, 3.63) is 65.2 Å². The van der Waals surface area contributed by atoms with E-state index in [1.165, 1.54) is 11.1 Å². The van der Waals surface area contributed by atoms with Crippen LogP contribution < -0.4 is 4.90 Å². The molecule has 0 aliphatic rings. The third kappa shape index (κ3) is 6.81.